The Bertz CT molecular complexity index is 682. The van der Waals surface area contributed by atoms with Gasteiger partial charge in [0.25, 0.3) is 5.91 Å². The summed E-state index contributed by atoms with van der Waals surface area (Å²) in [6.45, 7) is 2.48. The largest absolute Gasteiger partial charge is 0.312 e. The van der Waals surface area contributed by atoms with Crippen molar-refractivity contribution >= 4 is 23.4 Å². The van der Waals surface area contributed by atoms with Crippen LogP contribution in [0.25, 0.3) is 0 Å². The first-order valence-corrected chi connectivity index (χ1v) is 7.98. The third-order valence-electron chi connectivity index (χ3n) is 3.84. The highest BCUT2D eigenvalue weighted by Gasteiger charge is 2.27. The molecule has 3 heterocycles. The van der Waals surface area contributed by atoms with Gasteiger partial charge in [0.15, 0.2) is 5.69 Å². The summed E-state index contributed by atoms with van der Waals surface area (Å²) >= 11 is 1.78. The van der Waals surface area contributed by atoms with E-state index in [0.29, 0.717) is 18.3 Å². The van der Waals surface area contributed by atoms with Crippen molar-refractivity contribution in [1.82, 2.24) is 20.3 Å². The first-order chi connectivity index (χ1) is 10.3. The predicted molar refractivity (Wildman–Crippen MR) is 80.8 cm³/mol. The molecule has 21 heavy (non-hydrogen) atoms. The van der Waals surface area contributed by atoms with Crippen molar-refractivity contribution < 1.29 is 4.79 Å². The molecule has 0 aliphatic carbocycles. The number of benzene rings is 1. The van der Waals surface area contributed by atoms with Gasteiger partial charge in [0.1, 0.15) is 0 Å². The summed E-state index contributed by atoms with van der Waals surface area (Å²) in [5, 5.41) is 11.3. The zero-order valence-corrected chi connectivity index (χ0v) is 12.2. The highest BCUT2D eigenvalue weighted by atomic mass is 32.2. The van der Waals surface area contributed by atoms with Gasteiger partial charge in [0.05, 0.1) is 17.9 Å². The number of anilines is 1. The lowest BCUT2D eigenvalue weighted by molar-refractivity contribution is 0.0983. The van der Waals surface area contributed by atoms with E-state index < -0.39 is 0 Å². The molecule has 1 N–H and O–H groups in total. The maximum absolute atomic E-state index is 12.7. The van der Waals surface area contributed by atoms with E-state index >= 15 is 0 Å². The van der Waals surface area contributed by atoms with Crippen LogP contribution in [-0.2, 0) is 0 Å². The van der Waals surface area contributed by atoms with Gasteiger partial charge in [-0.3, -0.25) is 4.79 Å². The normalized spacial score (nSPS) is 18.2. The molecule has 1 amide bonds. The summed E-state index contributed by atoms with van der Waals surface area (Å²) in [7, 11) is 0. The van der Waals surface area contributed by atoms with E-state index in [9.17, 15) is 4.79 Å². The van der Waals surface area contributed by atoms with Gasteiger partial charge in [-0.05, 0) is 12.1 Å². The van der Waals surface area contributed by atoms with Crippen LogP contribution in [-0.4, -0.2) is 46.3 Å². The number of thioether (sulfide) groups is 1. The van der Waals surface area contributed by atoms with Crippen LogP contribution in [0.1, 0.15) is 16.5 Å². The minimum absolute atomic E-state index is 0.0683. The number of amides is 1. The Morgan fingerprint density at radius 1 is 1.33 bits per heavy atom. The number of rotatable bonds is 2. The Kier molecular flexibility index (Phi) is 3.16. The number of fused-ring (bicyclic) bond motifs is 1. The lowest BCUT2D eigenvalue weighted by Gasteiger charge is -2.28. The number of hydrogen-bond donors (Lipinski definition) is 1. The Labute approximate surface area is 126 Å². The fourth-order valence-electron chi connectivity index (χ4n) is 2.53. The van der Waals surface area contributed by atoms with Crippen molar-refractivity contribution in [2.45, 2.75) is 10.9 Å². The molecule has 1 fully saturated rings. The molecule has 7 heteroatoms. The second kappa shape index (κ2) is 5.16. The van der Waals surface area contributed by atoms with E-state index in [1.54, 1.807) is 27.5 Å². The number of aromatic nitrogens is 3. The standard InChI is InChI=1S/C14H15N5OS/c20-14(11-9-19(17-16-11)10-7-15-8-10)18-5-6-21-13-4-2-1-3-12(13)18/h1-4,9-10,15H,5-8H2. The molecule has 0 spiro atoms. The van der Waals surface area contributed by atoms with Crippen molar-refractivity contribution in [1.29, 1.82) is 0 Å². The molecule has 1 aromatic carbocycles. The summed E-state index contributed by atoms with van der Waals surface area (Å²) in [5.41, 5.74) is 1.39. The van der Waals surface area contributed by atoms with E-state index in [1.807, 2.05) is 18.2 Å². The third kappa shape index (κ3) is 2.22. The quantitative estimate of drug-likeness (QED) is 0.902. The van der Waals surface area contributed by atoms with Crippen molar-refractivity contribution in [2.24, 2.45) is 0 Å². The summed E-state index contributed by atoms with van der Waals surface area (Å²) < 4.78 is 1.79. The number of nitrogens with zero attached hydrogens (tertiary/aromatic N) is 4. The van der Waals surface area contributed by atoms with Gasteiger partial charge >= 0.3 is 0 Å². The monoisotopic (exact) mass is 301 g/mol. The molecule has 2 aliphatic heterocycles. The van der Waals surface area contributed by atoms with Crippen LogP contribution >= 0.6 is 11.8 Å². The Morgan fingerprint density at radius 3 is 3.00 bits per heavy atom. The fraction of sp³-hybridized carbons (Fsp3) is 0.357. The Morgan fingerprint density at radius 2 is 2.19 bits per heavy atom. The van der Waals surface area contributed by atoms with Gasteiger partial charge in [0.2, 0.25) is 0 Å². The number of nitrogens with one attached hydrogen (secondary N) is 1. The maximum atomic E-state index is 12.7. The topological polar surface area (TPSA) is 63.1 Å². The molecule has 2 aromatic rings. The number of para-hydroxylation sites is 1. The van der Waals surface area contributed by atoms with Crippen molar-refractivity contribution in [3.63, 3.8) is 0 Å². The van der Waals surface area contributed by atoms with Crippen molar-refractivity contribution in [3.8, 4) is 0 Å². The SMILES string of the molecule is O=C(c1cn(C2CNC2)nn1)N1CCSc2ccccc21. The van der Waals surface area contributed by atoms with Gasteiger partial charge in [-0.25, -0.2) is 4.68 Å². The number of carbonyl (C=O) groups is 1. The van der Waals surface area contributed by atoms with Crippen LogP contribution in [0.2, 0.25) is 0 Å². The molecule has 1 saturated heterocycles. The summed E-state index contributed by atoms with van der Waals surface area (Å²) in [6.07, 6.45) is 1.76. The summed E-state index contributed by atoms with van der Waals surface area (Å²) in [4.78, 5) is 15.6. The Balaban J connectivity index is 1.61. The van der Waals surface area contributed by atoms with Gasteiger partial charge in [-0.15, -0.1) is 16.9 Å². The third-order valence-corrected chi connectivity index (χ3v) is 4.88. The average molecular weight is 301 g/mol. The van der Waals surface area contributed by atoms with Gasteiger partial charge in [0, 0.05) is 30.3 Å². The van der Waals surface area contributed by atoms with Crippen LogP contribution in [0.15, 0.2) is 35.4 Å². The van der Waals surface area contributed by atoms with Crippen LogP contribution in [0, 0.1) is 0 Å². The summed E-state index contributed by atoms with van der Waals surface area (Å²) in [5.74, 6) is 0.838. The van der Waals surface area contributed by atoms with Crippen LogP contribution < -0.4 is 10.2 Å². The lowest BCUT2D eigenvalue weighted by Crippen LogP contribution is -2.43. The molecule has 108 valence electrons. The average Bonchev–Trinajstić information content (AvgIpc) is 2.93. The van der Waals surface area contributed by atoms with Crippen LogP contribution in [0.3, 0.4) is 0 Å². The minimum atomic E-state index is -0.0683. The summed E-state index contributed by atoms with van der Waals surface area (Å²) in [6, 6.07) is 8.32. The van der Waals surface area contributed by atoms with E-state index in [0.717, 1.165) is 29.4 Å². The molecule has 1 aromatic heterocycles. The van der Waals surface area contributed by atoms with Crippen molar-refractivity contribution in [2.75, 3.05) is 30.3 Å². The molecule has 2 aliphatic rings. The molecule has 6 nitrogen and oxygen atoms in total. The van der Waals surface area contributed by atoms with Crippen LogP contribution in [0.4, 0.5) is 5.69 Å². The molecule has 0 saturated carbocycles. The highest BCUT2D eigenvalue weighted by molar-refractivity contribution is 7.99. The van der Waals surface area contributed by atoms with E-state index in [-0.39, 0.29) is 5.91 Å². The van der Waals surface area contributed by atoms with E-state index in [4.69, 9.17) is 0 Å². The van der Waals surface area contributed by atoms with E-state index in [2.05, 4.69) is 21.7 Å². The molecule has 0 bridgehead atoms. The highest BCUT2D eigenvalue weighted by Crippen LogP contribution is 2.34. The van der Waals surface area contributed by atoms with Crippen LogP contribution in [0.5, 0.6) is 0 Å². The molecular weight excluding hydrogens is 286 g/mol. The molecule has 4 rings (SSSR count). The molecular formula is C14H15N5OS. The second-order valence-corrected chi connectivity index (χ2v) is 6.31. The predicted octanol–water partition coefficient (Wildman–Crippen LogP) is 1.17. The number of hydrogen-bond acceptors (Lipinski definition) is 5. The zero-order chi connectivity index (χ0) is 14.2. The van der Waals surface area contributed by atoms with Gasteiger partial charge in [-0.1, -0.05) is 17.3 Å². The first-order valence-electron chi connectivity index (χ1n) is 6.99. The van der Waals surface area contributed by atoms with E-state index in [1.165, 1.54) is 0 Å². The molecule has 0 radical (unpaired) electrons. The van der Waals surface area contributed by atoms with Gasteiger partial charge < -0.3 is 10.2 Å². The fourth-order valence-corrected chi connectivity index (χ4v) is 3.53. The van der Waals surface area contributed by atoms with Crippen molar-refractivity contribution in [3.05, 3.63) is 36.2 Å². The zero-order valence-electron chi connectivity index (χ0n) is 11.4. The second-order valence-electron chi connectivity index (χ2n) is 5.17. The minimum Gasteiger partial charge on any atom is -0.312 e. The number of carbonyl (C=O) groups excluding carboxylic acids is 1. The molecule has 0 unspecified atom stereocenters. The smallest absolute Gasteiger partial charge is 0.280 e. The first kappa shape index (κ1) is 12.8. The maximum Gasteiger partial charge on any atom is 0.280 e. The lowest BCUT2D eigenvalue weighted by atomic mass is 10.2. The Hall–Kier alpha value is -1.86. The van der Waals surface area contributed by atoms with Gasteiger partial charge in [-0.2, -0.15) is 0 Å². The molecule has 0 atom stereocenters.